The maximum atomic E-state index is 6.01. The molecule has 0 unspecified atom stereocenters. The molecule has 0 saturated carbocycles. The first kappa shape index (κ1) is 26.3. The fourth-order valence-corrected chi connectivity index (χ4v) is 9.91. The second-order valence-electron chi connectivity index (χ2n) is 11.4. The minimum atomic E-state index is -0.624. The fourth-order valence-electron chi connectivity index (χ4n) is 7.32. The Bertz CT molecular complexity index is 1870. The molecule has 6 heteroatoms. The van der Waals surface area contributed by atoms with E-state index in [1.807, 2.05) is 0 Å². The van der Waals surface area contributed by atoms with Gasteiger partial charge in [0.25, 0.3) is 0 Å². The molecule has 0 aromatic heterocycles. The number of hydrogen-bond donors (Lipinski definition) is 0. The van der Waals surface area contributed by atoms with E-state index < -0.39 is 5.41 Å². The van der Waals surface area contributed by atoms with Crippen LogP contribution < -0.4 is 9.47 Å². The summed E-state index contributed by atoms with van der Waals surface area (Å²) >= 11 is 15.2. The smallest absolute Gasteiger partial charge is 0.231 e. The molecular formula is C35H22Br4O2. The minimum absolute atomic E-state index is 0.111. The van der Waals surface area contributed by atoms with Crippen molar-refractivity contribution in [2.45, 2.75) is 24.7 Å². The van der Waals surface area contributed by atoms with Crippen molar-refractivity contribution in [1.29, 1.82) is 0 Å². The zero-order valence-corrected chi connectivity index (χ0v) is 28.5. The van der Waals surface area contributed by atoms with Crippen LogP contribution in [0.15, 0.2) is 103 Å². The van der Waals surface area contributed by atoms with Gasteiger partial charge in [-0.3, -0.25) is 0 Å². The van der Waals surface area contributed by atoms with E-state index in [1.54, 1.807) is 0 Å². The third-order valence-electron chi connectivity index (χ3n) is 8.93. The lowest BCUT2D eigenvalue weighted by atomic mass is 9.67. The molecule has 8 rings (SSSR count). The summed E-state index contributed by atoms with van der Waals surface area (Å²) in [5, 5.41) is 0. The van der Waals surface area contributed by atoms with Crippen LogP contribution in [0.4, 0.5) is 0 Å². The largest absolute Gasteiger partial charge is 0.454 e. The normalized spacial score (nSPS) is 16.2. The van der Waals surface area contributed by atoms with Crippen molar-refractivity contribution >= 4 is 63.7 Å². The van der Waals surface area contributed by atoms with E-state index in [4.69, 9.17) is 9.47 Å². The lowest BCUT2D eigenvalue weighted by Gasteiger charge is -2.35. The molecule has 0 atom stereocenters. The van der Waals surface area contributed by atoms with Gasteiger partial charge >= 0.3 is 0 Å². The molecule has 1 heterocycles. The summed E-state index contributed by atoms with van der Waals surface area (Å²) < 4.78 is 16.0. The van der Waals surface area contributed by atoms with Gasteiger partial charge in [0.15, 0.2) is 11.5 Å². The van der Waals surface area contributed by atoms with E-state index >= 15 is 0 Å². The van der Waals surface area contributed by atoms with Crippen LogP contribution in [0.25, 0.3) is 22.3 Å². The van der Waals surface area contributed by atoms with Crippen molar-refractivity contribution in [1.82, 2.24) is 0 Å². The lowest BCUT2D eigenvalue weighted by Crippen LogP contribution is -2.29. The average molecular weight is 794 g/mol. The summed E-state index contributed by atoms with van der Waals surface area (Å²) in [5.74, 6) is 1.57. The zero-order valence-electron chi connectivity index (χ0n) is 22.1. The molecule has 202 valence electrons. The number of ether oxygens (including phenoxy) is 2. The van der Waals surface area contributed by atoms with Crippen LogP contribution in [0, 0.1) is 0 Å². The minimum Gasteiger partial charge on any atom is -0.454 e. The Hall–Kier alpha value is -2.38. The van der Waals surface area contributed by atoms with Gasteiger partial charge in [0.05, 0.1) is 5.41 Å². The van der Waals surface area contributed by atoms with Crippen LogP contribution in [0.3, 0.4) is 0 Å². The van der Waals surface area contributed by atoms with Gasteiger partial charge in [-0.15, -0.1) is 0 Å². The van der Waals surface area contributed by atoms with E-state index in [0.29, 0.717) is 0 Å². The maximum absolute atomic E-state index is 6.01. The molecule has 41 heavy (non-hydrogen) atoms. The van der Waals surface area contributed by atoms with Crippen LogP contribution in [0.1, 0.15) is 47.2 Å². The second-order valence-corrected chi connectivity index (χ2v) is 15.1. The summed E-state index contributed by atoms with van der Waals surface area (Å²) in [7, 11) is 0. The number of halogens is 4. The van der Waals surface area contributed by atoms with Crippen molar-refractivity contribution in [2.75, 3.05) is 6.79 Å². The monoisotopic (exact) mass is 790 g/mol. The summed E-state index contributed by atoms with van der Waals surface area (Å²) in [4.78, 5) is 0. The molecule has 3 aliphatic rings. The molecule has 0 fully saturated rings. The Morgan fingerprint density at radius 2 is 1.07 bits per heavy atom. The summed E-state index contributed by atoms with van der Waals surface area (Å²) in [6.07, 6.45) is 0. The third kappa shape index (κ3) is 3.57. The van der Waals surface area contributed by atoms with Crippen LogP contribution in [-0.4, -0.2) is 6.79 Å². The van der Waals surface area contributed by atoms with Gasteiger partial charge in [0.2, 0.25) is 6.79 Å². The van der Waals surface area contributed by atoms with Gasteiger partial charge in [0, 0.05) is 23.3 Å². The second kappa shape index (κ2) is 9.06. The van der Waals surface area contributed by atoms with E-state index in [0.717, 1.165) is 40.5 Å². The molecule has 1 aliphatic heterocycles. The molecule has 0 N–H and O–H groups in total. The van der Waals surface area contributed by atoms with Gasteiger partial charge in [-0.25, -0.2) is 0 Å². The highest BCUT2D eigenvalue weighted by Crippen LogP contribution is 2.64. The summed E-state index contributed by atoms with van der Waals surface area (Å²) in [6, 6.07) is 31.1. The highest BCUT2D eigenvalue weighted by atomic mass is 79.9. The van der Waals surface area contributed by atoms with E-state index in [-0.39, 0.29) is 12.2 Å². The molecule has 0 radical (unpaired) electrons. The first-order valence-electron chi connectivity index (χ1n) is 13.3. The molecule has 2 nitrogen and oxygen atoms in total. The first-order valence-corrected chi connectivity index (χ1v) is 16.5. The van der Waals surface area contributed by atoms with Gasteiger partial charge in [-0.2, -0.15) is 0 Å². The number of hydrogen-bond acceptors (Lipinski definition) is 2. The quantitative estimate of drug-likeness (QED) is 0.174. The van der Waals surface area contributed by atoms with Crippen molar-refractivity contribution in [3.05, 3.63) is 136 Å². The van der Waals surface area contributed by atoms with E-state index in [1.165, 1.54) is 44.5 Å². The highest BCUT2D eigenvalue weighted by Gasteiger charge is 2.51. The predicted molar refractivity (Wildman–Crippen MR) is 178 cm³/mol. The topological polar surface area (TPSA) is 18.5 Å². The Labute approximate surface area is 272 Å². The summed E-state index contributed by atoms with van der Waals surface area (Å²) in [5.41, 5.74) is 11.8. The predicted octanol–water partition coefficient (Wildman–Crippen LogP) is 11.1. The highest BCUT2D eigenvalue weighted by molar-refractivity contribution is 9.11. The summed E-state index contributed by atoms with van der Waals surface area (Å²) in [6.45, 7) is 4.90. The van der Waals surface area contributed by atoms with Crippen molar-refractivity contribution in [2.24, 2.45) is 0 Å². The molecule has 5 aromatic rings. The van der Waals surface area contributed by atoms with Crippen LogP contribution in [0.5, 0.6) is 11.5 Å². The van der Waals surface area contributed by atoms with E-state index in [2.05, 4.69) is 162 Å². The van der Waals surface area contributed by atoms with Crippen molar-refractivity contribution in [3.63, 3.8) is 0 Å². The van der Waals surface area contributed by atoms with Crippen molar-refractivity contribution < 1.29 is 9.47 Å². The Kier molecular flexibility index (Phi) is 5.80. The Morgan fingerprint density at radius 1 is 0.537 bits per heavy atom. The van der Waals surface area contributed by atoms with Gasteiger partial charge in [-0.1, -0.05) is 114 Å². The lowest BCUT2D eigenvalue weighted by molar-refractivity contribution is 0.174. The molecule has 5 aromatic carbocycles. The van der Waals surface area contributed by atoms with E-state index in [9.17, 15) is 0 Å². The number of benzene rings is 5. The van der Waals surface area contributed by atoms with Crippen LogP contribution in [0.2, 0.25) is 0 Å². The van der Waals surface area contributed by atoms with Gasteiger partial charge < -0.3 is 9.47 Å². The third-order valence-corrected chi connectivity index (χ3v) is 10.8. The molecule has 0 amide bonds. The molecular weight excluding hydrogens is 772 g/mol. The number of rotatable bonds is 2. The average Bonchev–Trinajstić information content (AvgIpc) is 3.56. The molecule has 0 spiro atoms. The van der Waals surface area contributed by atoms with Crippen molar-refractivity contribution in [3.8, 4) is 33.8 Å². The van der Waals surface area contributed by atoms with Crippen LogP contribution in [-0.2, 0) is 10.8 Å². The first-order chi connectivity index (χ1) is 19.7. The molecule has 0 saturated heterocycles. The Morgan fingerprint density at radius 3 is 1.71 bits per heavy atom. The molecule has 0 bridgehead atoms. The van der Waals surface area contributed by atoms with Gasteiger partial charge in [0.1, 0.15) is 0 Å². The maximum Gasteiger partial charge on any atom is 0.231 e. The van der Waals surface area contributed by atoms with Gasteiger partial charge in [-0.05, 0) is 104 Å². The van der Waals surface area contributed by atoms with Crippen LogP contribution >= 0.6 is 63.7 Å². The zero-order chi connectivity index (χ0) is 28.3. The molecule has 2 aliphatic carbocycles. The number of fused-ring (bicyclic) bond motifs is 8. The SMILES string of the molecule is CC1(C)c2ccccc2-c2c1ccc1c2-c2cc3c(cc2C1(c1cc(Br)cc(Br)c1)c1cc(Br)cc(Br)c1)OCO3. The Balaban J connectivity index is 1.60. The standard InChI is InChI=1S/C35H22Br4O2/c1-34(2)26-6-4-3-5-24(26)32-27(34)7-8-28-33(32)25-15-30-31(41-17-40-30)16-29(25)35(28,18-9-20(36)13-21(37)10-18)19-11-22(38)14-23(39)12-19/h3-16H,17H2,1-2H3. The fraction of sp³-hybridized carbons (Fsp3) is 0.143.